The Morgan fingerprint density at radius 1 is 1.36 bits per heavy atom. The van der Waals surface area contributed by atoms with Crippen molar-refractivity contribution in [2.45, 2.75) is 38.8 Å². The van der Waals surface area contributed by atoms with E-state index in [0.29, 0.717) is 18.6 Å². The number of fused-ring (bicyclic) bond motifs is 1. The van der Waals surface area contributed by atoms with E-state index in [1.165, 1.54) is 6.07 Å². The van der Waals surface area contributed by atoms with E-state index in [-0.39, 0.29) is 18.0 Å². The lowest BCUT2D eigenvalue weighted by Gasteiger charge is -2.29. The van der Waals surface area contributed by atoms with Crippen molar-refractivity contribution in [1.82, 2.24) is 9.88 Å². The van der Waals surface area contributed by atoms with E-state index < -0.39 is 5.60 Å². The molecular weight excluding hydrogens is 321 g/mol. The normalized spacial score (nSPS) is 17.8. The van der Waals surface area contributed by atoms with Crippen LogP contribution in [0.3, 0.4) is 0 Å². The molecule has 25 heavy (non-hydrogen) atoms. The number of halogens is 1. The fourth-order valence-corrected chi connectivity index (χ4v) is 3.18. The highest BCUT2D eigenvalue weighted by atomic mass is 19.1. The predicted molar refractivity (Wildman–Crippen MR) is 96.3 cm³/mol. The van der Waals surface area contributed by atoms with Crippen molar-refractivity contribution in [2.24, 2.45) is 0 Å². The third-order valence-electron chi connectivity index (χ3n) is 4.44. The lowest BCUT2D eigenvalue weighted by molar-refractivity contribution is 0.0292. The number of likely N-dealkylation sites (N-methyl/N-ethyl adjacent to an activating group) is 1. The lowest BCUT2D eigenvalue weighted by Crippen LogP contribution is -2.39. The monoisotopic (exact) mass is 345 g/mol. The maximum absolute atomic E-state index is 14.0. The van der Waals surface area contributed by atoms with Gasteiger partial charge in [0.15, 0.2) is 0 Å². The van der Waals surface area contributed by atoms with Crippen molar-refractivity contribution in [3.63, 3.8) is 0 Å². The Kier molecular flexibility index (Phi) is 4.54. The van der Waals surface area contributed by atoms with Crippen LogP contribution >= 0.6 is 0 Å². The number of carbonyl (C=O) groups is 1. The Morgan fingerprint density at radius 3 is 2.84 bits per heavy atom. The highest BCUT2D eigenvalue weighted by Crippen LogP contribution is 2.30. The third kappa shape index (κ3) is 3.67. The average molecular weight is 345 g/mol. The van der Waals surface area contributed by atoms with E-state index in [1.54, 1.807) is 23.2 Å². The van der Waals surface area contributed by atoms with Crippen LogP contribution in [0, 0.1) is 5.82 Å². The first-order chi connectivity index (χ1) is 11.8. The molecule has 2 aromatic rings. The number of ether oxygens (including phenoxy) is 1. The van der Waals surface area contributed by atoms with Gasteiger partial charge in [0.2, 0.25) is 0 Å². The summed E-state index contributed by atoms with van der Waals surface area (Å²) in [5.74, 6) is -0.324. The molecular formula is C19H24FN3O2. The van der Waals surface area contributed by atoms with Gasteiger partial charge in [-0.25, -0.2) is 9.18 Å². The van der Waals surface area contributed by atoms with Gasteiger partial charge in [-0.2, -0.15) is 0 Å². The molecule has 6 heteroatoms. The first kappa shape index (κ1) is 17.5. The first-order valence-electron chi connectivity index (χ1n) is 8.50. The van der Waals surface area contributed by atoms with Crippen LogP contribution in [-0.4, -0.2) is 47.8 Å². The number of anilines is 1. The van der Waals surface area contributed by atoms with Crippen LogP contribution in [0.5, 0.6) is 0 Å². The minimum atomic E-state index is -0.500. The molecule has 1 unspecified atom stereocenters. The Bertz CT molecular complexity index is 788. The Morgan fingerprint density at radius 2 is 2.12 bits per heavy atom. The van der Waals surface area contributed by atoms with Crippen molar-refractivity contribution >= 4 is 22.7 Å². The zero-order valence-corrected chi connectivity index (χ0v) is 15.1. The summed E-state index contributed by atoms with van der Waals surface area (Å²) in [5.41, 5.74) is 0.786. The second-order valence-corrected chi connectivity index (χ2v) is 7.45. The second-order valence-electron chi connectivity index (χ2n) is 7.45. The van der Waals surface area contributed by atoms with Crippen molar-refractivity contribution in [2.75, 3.05) is 25.0 Å². The lowest BCUT2D eigenvalue weighted by atomic mass is 10.1. The van der Waals surface area contributed by atoms with Gasteiger partial charge in [-0.3, -0.25) is 4.98 Å². The molecule has 1 saturated heterocycles. The number of rotatable bonds is 2. The molecule has 0 radical (unpaired) electrons. The number of aromatic nitrogens is 1. The summed E-state index contributed by atoms with van der Waals surface area (Å²) in [4.78, 5) is 20.2. The molecule has 3 rings (SSSR count). The number of hydrogen-bond donors (Lipinski definition) is 0. The maximum atomic E-state index is 14.0. The van der Waals surface area contributed by atoms with Crippen LogP contribution in [0.1, 0.15) is 27.2 Å². The Hall–Kier alpha value is -2.37. The molecule has 1 atom stereocenters. The van der Waals surface area contributed by atoms with Gasteiger partial charge in [-0.1, -0.05) is 0 Å². The van der Waals surface area contributed by atoms with E-state index in [2.05, 4.69) is 9.88 Å². The molecule has 2 heterocycles. The summed E-state index contributed by atoms with van der Waals surface area (Å²) in [7, 11) is 1.98. The molecule has 0 N–H and O–H groups in total. The molecule has 1 aromatic carbocycles. The molecule has 5 nitrogen and oxygen atoms in total. The van der Waals surface area contributed by atoms with Crippen molar-refractivity contribution in [1.29, 1.82) is 0 Å². The average Bonchev–Trinajstić information content (AvgIpc) is 3.03. The fraction of sp³-hybridized carbons (Fsp3) is 0.474. The Labute approximate surface area is 147 Å². The minimum Gasteiger partial charge on any atom is -0.444 e. The van der Waals surface area contributed by atoms with Gasteiger partial charge in [0.1, 0.15) is 16.9 Å². The van der Waals surface area contributed by atoms with Crippen LogP contribution in [0.2, 0.25) is 0 Å². The zero-order valence-electron chi connectivity index (χ0n) is 15.1. The smallest absolute Gasteiger partial charge is 0.410 e. The number of pyridine rings is 1. The maximum Gasteiger partial charge on any atom is 0.410 e. The van der Waals surface area contributed by atoms with Crippen molar-refractivity contribution in [3.05, 3.63) is 36.3 Å². The van der Waals surface area contributed by atoms with Crippen LogP contribution < -0.4 is 4.90 Å². The molecule has 1 amide bonds. The highest BCUT2D eigenvalue weighted by Gasteiger charge is 2.32. The van der Waals surface area contributed by atoms with Crippen molar-refractivity contribution < 1.29 is 13.9 Å². The van der Waals surface area contributed by atoms with E-state index in [1.807, 2.05) is 33.9 Å². The molecule has 1 aromatic heterocycles. The third-order valence-corrected chi connectivity index (χ3v) is 4.44. The largest absolute Gasteiger partial charge is 0.444 e. The molecule has 0 saturated carbocycles. The predicted octanol–water partition coefficient (Wildman–Crippen LogP) is 3.82. The molecule has 0 bridgehead atoms. The molecule has 134 valence electrons. The quantitative estimate of drug-likeness (QED) is 0.830. The van der Waals surface area contributed by atoms with Gasteiger partial charge in [-0.05, 0) is 51.5 Å². The van der Waals surface area contributed by atoms with Crippen molar-refractivity contribution in [3.8, 4) is 0 Å². The van der Waals surface area contributed by atoms with Gasteiger partial charge < -0.3 is 14.5 Å². The van der Waals surface area contributed by atoms with Gasteiger partial charge in [0.25, 0.3) is 0 Å². The summed E-state index contributed by atoms with van der Waals surface area (Å²) in [5, 5.41) is 0.778. The molecule has 0 spiro atoms. The number of carbonyl (C=O) groups excluding carboxylic acids is 1. The number of benzene rings is 1. The summed E-state index contributed by atoms with van der Waals surface area (Å²) in [6.07, 6.45) is 2.15. The van der Waals surface area contributed by atoms with Crippen LogP contribution in [0.4, 0.5) is 14.9 Å². The Balaban J connectivity index is 1.78. The van der Waals surface area contributed by atoms with Gasteiger partial charge >= 0.3 is 6.09 Å². The SMILES string of the molecule is CN(c1ccc(F)c2ncccc12)C1CCN(C(=O)OC(C)(C)C)C1. The van der Waals surface area contributed by atoms with Crippen LogP contribution in [0.15, 0.2) is 30.5 Å². The van der Waals surface area contributed by atoms with Gasteiger partial charge in [0.05, 0.1) is 0 Å². The summed E-state index contributed by atoms with van der Waals surface area (Å²) in [6, 6.07) is 7.05. The minimum absolute atomic E-state index is 0.154. The summed E-state index contributed by atoms with van der Waals surface area (Å²) in [6.45, 7) is 6.83. The zero-order chi connectivity index (χ0) is 18.2. The number of hydrogen-bond acceptors (Lipinski definition) is 4. The molecule has 1 fully saturated rings. The number of likely N-dealkylation sites (tertiary alicyclic amines) is 1. The number of amides is 1. The number of nitrogens with zero attached hydrogens (tertiary/aromatic N) is 3. The van der Waals surface area contributed by atoms with E-state index in [0.717, 1.165) is 17.5 Å². The molecule has 1 aliphatic heterocycles. The van der Waals surface area contributed by atoms with Gasteiger partial charge in [-0.15, -0.1) is 0 Å². The standard InChI is InChI=1S/C19H24FN3O2/c1-19(2,3)25-18(24)23-11-9-13(12-23)22(4)16-8-7-15(20)17-14(16)6-5-10-21-17/h5-8,10,13H,9,11-12H2,1-4H3. The van der Waals surface area contributed by atoms with E-state index >= 15 is 0 Å². The molecule has 1 aliphatic rings. The summed E-state index contributed by atoms with van der Waals surface area (Å²) >= 11 is 0. The van der Waals surface area contributed by atoms with E-state index in [9.17, 15) is 9.18 Å². The van der Waals surface area contributed by atoms with Gasteiger partial charge in [0, 0.05) is 43.4 Å². The van der Waals surface area contributed by atoms with E-state index in [4.69, 9.17) is 4.74 Å². The first-order valence-corrected chi connectivity index (χ1v) is 8.50. The summed E-state index contributed by atoms with van der Waals surface area (Å²) < 4.78 is 19.4. The topological polar surface area (TPSA) is 45.7 Å². The highest BCUT2D eigenvalue weighted by molar-refractivity contribution is 5.92. The van der Waals surface area contributed by atoms with Crippen LogP contribution in [-0.2, 0) is 4.74 Å². The fourth-order valence-electron chi connectivity index (χ4n) is 3.18. The second kappa shape index (κ2) is 6.50. The van der Waals surface area contributed by atoms with Crippen LogP contribution in [0.25, 0.3) is 10.9 Å². The molecule has 0 aliphatic carbocycles.